The summed E-state index contributed by atoms with van der Waals surface area (Å²) in [6.45, 7) is 10.1. The van der Waals surface area contributed by atoms with Crippen LogP contribution in [0, 0.1) is 6.92 Å². The number of amides is 1. The van der Waals surface area contributed by atoms with Crippen molar-refractivity contribution >= 4 is 11.6 Å². The first-order valence-electron chi connectivity index (χ1n) is 12.1. The zero-order valence-corrected chi connectivity index (χ0v) is 20.0. The number of carbonyl (C=O) groups excluding carboxylic acids is 1. The molecule has 1 aromatic heterocycles. The topological polar surface area (TPSA) is 60.9 Å². The van der Waals surface area contributed by atoms with Crippen LogP contribution in [0.5, 0.6) is 0 Å². The lowest BCUT2D eigenvalue weighted by Gasteiger charge is -2.38. The molecule has 0 atom stereocenters. The number of nitrogens with one attached hydrogen (secondary N) is 1. The highest BCUT2D eigenvalue weighted by Crippen LogP contribution is 2.23. The Labute approximate surface area is 197 Å². The van der Waals surface area contributed by atoms with Gasteiger partial charge in [0.15, 0.2) is 0 Å². The van der Waals surface area contributed by atoms with Gasteiger partial charge in [-0.05, 0) is 62.7 Å². The van der Waals surface area contributed by atoms with Crippen LogP contribution < -0.4 is 10.2 Å². The van der Waals surface area contributed by atoms with Gasteiger partial charge in [-0.2, -0.15) is 0 Å². The van der Waals surface area contributed by atoms with Gasteiger partial charge in [-0.3, -0.25) is 19.6 Å². The maximum Gasteiger partial charge on any atom is 0.251 e. The number of aryl methyl sites for hydroxylation is 1. The van der Waals surface area contributed by atoms with Crippen molar-refractivity contribution in [3.8, 4) is 0 Å². The zero-order valence-electron chi connectivity index (χ0n) is 20.0. The molecule has 0 bridgehead atoms. The van der Waals surface area contributed by atoms with Crippen molar-refractivity contribution in [3.63, 3.8) is 0 Å². The van der Waals surface area contributed by atoms with Gasteiger partial charge in [0.25, 0.3) is 5.91 Å². The Bertz CT molecular complexity index is 890. The third-order valence-electron chi connectivity index (χ3n) is 6.92. The summed E-state index contributed by atoms with van der Waals surface area (Å²) in [5, 5.41) is 3.04. The number of carbonyl (C=O) groups is 1. The summed E-state index contributed by atoms with van der Waals surface area (Å²) in [7, 11) is 2.21. The van der Waals surface area contributed by atoms with E-state index in [2.05, 4.69) is 57.2 Å². The minimum Gasteiger partial charge on any atom is -0.379 e. The van der Waals surface area contributed by atoms with E-state index >= 15 is 0 Å². The summed E-state index contributed by atoms with van der Waals surface area (Å²) >= 11 is 0. The molecule has 2 aromatic rings. The summed E-state index contributed by atoms with van der Waals surface area (Å²) in [6, 6.07) is 12.8. The van der Waals surface area contributed by atoms with Crippen LogP contribution in [-0.2, 0) is 11.3 Å². The first-order chi connectivity index (χ1) is 16.1. The van der Waals surface area contributed by atoms with Crippen molar-refractivity contribution < 1.29 is 9.53 Å². The van der Waals surface area contributed by atoms with Gasteiger partial charge in [0.1, 0.15) is 0 Å². The summed E-state index contributed by atoms with van der Waals surface area (Å²) in [4.78, 5) is 24.2. The molecule has 0 unspecified atom stereocenters. The number of pyridine rings is 1. The van der Waals surface area contributed by atoms with E-state index in [1.54, 1.807) is 0 Å². The summed E-state index contributed by atoms with van der Waals surface area (Å²) in [5.41, 5.74) is 4.34. The molecule has 2 aliphatic rings. The number of hydrogen-bond donors (Lipinski definition) is 1. The molecule has 0 saturated carbocycles. The number of piperidine rings is 1. The number of anilines is 1. The Morgan fingerprint density at radius 1 is 1.12 bits per heavy atom. The highest BCUT2D eigenvalue weighted by atomic mass is 16.5. The minimum absolute atomic E-state index is 0.0000395. The van der Waals surface area contributed by atoms with Crippen LogP contribution in [0.1, 0.15) is 34.5 Å². The third kappa shape index (κ3) is 6.53. The molecule has 3 heterocycles. The fraction of sp³-hybridized carbons (Fsp3) is 0.538. The van der Waals surface area contributed by atoms with Crippen molar-refractivity contribution in [2.24, 2.45) is 0 Å². The standard InChI is InChI=1S/C26H37N5O2/c1-21-4-3-11-27-25(21)20-29(2)23-9-13-31(14-10-23)24-7-5-22(6-8-24)26(32)28-12-15-30-16-18-33-19-17-30/h3-8,11,23H,9-10,12-20H2,1-2H3,(H,28,32). The monoisotopic (exact) mass is 451 g/mol. The largest absolute Gasteiger partial charge is 0.379 e. The average molecular weight is 452 g/mol. The van der Waals surface area contributed by atoms with Crippen molar-refractivity contribution in [1.29, 1.82) is 0 Å². The quantitative estimate of drug-likeness (QED) is 0.666. The summed E-state index contributed by atoms with van der Waals surface area (Å²) in [5.74, 6) is -0.0000395. The maximum absolute atomic E-state index is 12.5. The van der Waals surface area contributed by atoms with Gasteiger partial charge in [0.2, 0.25) is 0 Å². The molecule has 1 aromatic carbocycles. The second-order valence-corrected chi connectivity index (χ2v) is 9.16. The highest BCUT2D eigenvalue weighted by Gasteiger charge is 2.23. The molecule has 0 aliphatic carbocycles. The molecule has 0 radical (unpaired) electrons. The Hall–Kier alpha value is -2.48. The van der Waals surface area contributed by atoms with Crippen molar-refractivity contribution in [2.45, 2.75) is 32.4 Å². The van der Waals surface area contributed by atoms with E-state index in [4.69, 9.17) is 4.74 Å². The van der Waals surface area contributed by atoms with E-state index in [1.165, 1.54) is 16.9 Å². The van der Waals surface area contributed by atoms with Gasteiger partial charge in [0, 0.05) is 69.3 Å². The molecule has 2 fully saturated rings. The smallest absolute Gasteiger partial charge is 0.251 e. The van der Waals surface area contributed by atoms with Crippen LogP contribution in [0.25, 0.3) is 0 Å². The van der Waals surface area contributed by atoms with E-state index < -0.39 is 0 Å². The van der Waals surface area contributed by atoms with Crippen LogP contribution in [-0.4, -0.2) is 86.3 Å². The highest BCUT2D eigenvalue weighted by molar-refractivity contribution is 5.94. The third-order valence-corrected chi connectivity index (χ3v) is 6.92. The van der Waals surface area contributed by atoms with E-state index in [-0.39, 0.29) is 5.91 Å². The van der Waals surface area contributed by atoms with E-state index in [0.29, 0.717) is 12.6 Å². The summed E-state index contributed by atoms with van der Waals surface area (Å²) < 4.78 is 5.37. The van der Waals surface area contributed by atoms with Crippen LogP contribution in [0.4, 0.5) is 5.69 Å². The lowest BCUT2D eigenvalue weighted by Crippen LogP contribution is -2.43. The van der Waals surface area contributed by atoms with Crippen LogP contribution in [0.2, 0.25) is 0 Å². The second-order valence-electron chi connectivity index (χ2n) is 9.16. The first kappa shape index (κ1) is 23.7. The number of ether oxygens (including phenoxy) is 1. The second kappa shape index (κ2) is 11.6. The molecule has 4 rings (SSSR count). The molecular formula is C26H37N5O2. The molecule has 7 heteroatoms. The van der Waals surface area contributed by atoms with Crippen LogP contribution in [0.3, 0.4) is 0 Å². The Kier molecular flexibility index (Phi) is 8.31. The number of benzene rings is 1. The van der Waals surface area contributed by atoms with Gasteiger partial charge in [-0.15, -0.1) is 0 Å². The molecule has 1 amide bonds. The molecule has 2 saturated heterocycles. The molecule has 7 nitrogen and oxygen atoms in total. The average Bonchev–Trinajstić information content (AvgIpc) is 2.86. The number of morpholine rings is 1. The molecule has 0 spiro atoms. The van der Waals surface area contributed by atoms with Gasteiger partial charge in [-0.1, -0.05) is 6.07 Å². The Balaban J connectivity index is 1.21. The normalized spacial score (nSPS) is 18.0. The van der Waals surface area contributed by atoms with Gasteiger partial charge in [0.05, 0.1) is 18.9 Å². The Morgan fingerprint density at radius 3 is 2.55 bits per heavy atom. The van der Waals surface area contributed by atoms with E-state index in [0.717, 1.165) is 70.9 Å². The zero-order chi connectivity index (χ0) is 23.0. The number of hydrogen-bond acceptors (Lipinski definition) is 6. The molecule has 178 valence electrons. The fourth-order valence-corrected chi connectivity index (χ4v) is 4.69. The number of nitrogens with zero attached hydrogens (tertiary/aromatic N) is 4. The van der Waals surface area contributed by atoms with Gasteiger partial charge >= 0.3 is 0 Å². The van der Waals surface area contributed by atoms with Crippen molar-refractivity contribution in [3.05, 3.63) is 59.4 Å². The van der Waals surface area contributed by atoms with Crippen molar-refractivity contribution in [1.82, 2.24) is 20.1 Å². The van der Waals surface area contributed by atoms with Crippen LogP contribution in [0.15, 0.2) is 42.6 Å². The predicted octanol–water partition coefficient (Wildman–Crippen LogP) is 2.55. The molecule has 1 N–H and O–H groups in total. The summed E-state index contributed by atoms with van der Waals surface area (Å²) in [6.07, 6.45) is 4.14. The van der Waals surface area contributed by atoms with E-state index in [1.807, 2.05) is 24.4 Å². The fourth-order valence-electron chi connectivity index (χ4n) is 4.69. The number of rotatable bonds is 8. The Morgan fingerprint density at radius 2 is 1.85 bits per heavy atom. The molecular weight excluding hydrogens is 414 g/mol. The predicted molar refractivity (Wildman–Crippen MR) is 132 cm³/mol. The lowest BCUT2D eigenvalue weighted by molar-refractivity contribution is 0.0383. The maximum atomic E-state index is 12.5. The number of aromatic nitrogens is 1. The lowest BCUT2D eigenvalue weighted by atomic mass is 10.0. The van der Waals surface area contributed by atoms with Gasteiger partial charge < -0.3 is 15.0 Å². The molecule has 33 heavy (non-hydrogen) atoms. The van der Waals surface area contributed by atoms with Crippen molar-refractivity contribution in [2.75, 3.05) is 64.4 Å². The van der Waals surface area contributed by atoms with Gasteiger partial charge in [-0.25, -0.2) is 0 Å². The minimum atomic E-state index is -0.0000395. The molecule has 2 aliphatic heterocycles. The van der Waals surface area contributed by atoms with Crippen LogP contribution >= 0.6 is 0 Å². The SMILES string of the molecule is Cc1cccnc1CN(C)C1CCN(c2ccc(C(=O)NCCN3CCOCC3)cc2)CC1. The van der Waals surface area contributed by atoms with E-state index in [9.17, 15) is 4.79 Å². The first-order valence-corrected chi connectivity index (χ1v) is 12.1.